The topological polar surface area (TPSA) is 83.6 Å². The highest BCUT2D eigenvalue weighted by atomic mass is 32.2. The fourth-order valence-corrected chi connectivity index (χ4v) is 5.08. The molecule has 0 saturated carbocycles. The standard InChI is InChI=1S/C20H22N2O4S2/c1-14(10-20(24)22(2)12-15-6-4-3-5-7-15)28(25,26)16-8-9-18-17(11-16)21-19(23)13-27-18/h3-9,11,14H,10,12-13H2,1-2H3,(H,21,23). The van der Waals surface area contributed by atoms with Gasteiger partial charge in [-0.3, -0.25) is 9.59 Å². The van der Waals surface area contributed by atoms with Crippen LogP contribution in [0, 0.1) is 0 Å². The van der Waals surface area contributed by atoms with E-state index in [2.05, 4.69) is 5.32 Å². The van der Waals surface area contributed by atoms with Crippen LogP contribution in [0.25, 0.3) is 0 Å². The van der Waals surface area contributed by atoms with Crippen molar-refractivity contribution in [3.8, 4) is 0 Å². The summed E-state index contributed by atoms with van der Waals surface area (Å²) in [5.74, 6) is -0.0721. The highest BCUT2D eigenvalue weighted by Gasteiger charge is 2.28. The molecule has 1 heterocycles. The van der Waals surface area contributed by atoms with Gasteiger partial charge in [-0.2, -0.15) is 0 Å². The highest BCUT2D eigenvalue weighted by molar-refractivity contribution is 8.00. The number of amides is 2. The first-order valence-electron chi connectivity index (χ1n) is 8.86. The number of nitrogens with zero attached hydrogens (tertiary/aromatic N) is 1. The Morgan fingerprint density at radius 3 is 2.64 bits per heavy atom. The molecule has 0 radical (unpaired) electrons. The summed E-state index contributed by atoms with van der Waals surface area (Å²) in [5.41, 5.74) is 1.49. The summed E-state index contributed by atoms with van der Waals surface area (Å²) in [7, 11) is -2.03. The van der Waals surface area contributed by atoms with Gasteiger partial charge >= 0.3 is 0 Å². The number of anilines is 1. The third kappa shape index (κ3) is 4.56. The summed E-state index contributed by atoms with van der Waals surface area (Å²) < 4.78 is 25.9. The van der Waals surface area contributed by atoms with Crippen LogP contribution in [-0.2, 0) is 26.0 Å². The molecule has 1 atom stereocenters. The van der Waals surface area contributed by atoms with Gasteiger partial charge in [-0.15, -0.1) is 11.8 Å². The van der Waals surface area contributed by atoms with Crippen molar-refractivity contribution in [1.82, 2.24) is 4.90 Å². The van der Waals surface area contributed by atoms with Gasteiger partial charge in [0, 0.05) is 24.9 Å². The normalized spacial score (nSPS) is 14.7. The lowest BCUT2D eigenvalue weighted by atomic mass is 10.2. The number of rotatable bonds is 6. The number of fused-ring (bicyclic) bond motifs is 1. The molecule has 0 aromatic heterocycles. The number of carbonyl (C=O) groups is 2. The Morgan fingerprint density at radius 1 is 1.21 bits per heavy atom. The second-order valence-electron chi connectivity index (χ2n) is 6.79. The Kier molecular flexibility index (Phi) is 6.10. The lowest BCUT2D eigenvalue weighted by Gasteiger charge is -2.21. The molecular formula is C20H22N2O4S2. The molecule has 1 N–H and O–H groups in total. The summed E-state index contributed by atoms with van der Waals surface area (Å²) in [6.07, 6.45) is -0.107. The molecule has 2 aromatic carbocycles. The van der Waals surface area contributed by atoms with Crippen LogP contribution in [-0.4, -0.2) is 43.2 Å². The van der Waals surface area contributed by atoms with Crippen molar-refractivity contribution >= 4 is 39.1 Å². The largest absolute Gasteiger partial charge is 0.341 e. The SMILES string of the molecule is CC(CC(=O)N(C)Cc1ccccc1)S(=O)(=O)c1ccc2c(c1)NC(=O)CS2. The average Bonchev–Trinajstić information content (AvgIpc) is 2.67. The third-order valence-corrected chi connectivity index (χ3v) is 7.80. The van der Waals surface area contributed by atoms with Gasteiger partial charge in [-0.05, 0) is 30.7 Å². The molecule has 1 aliphatic rings. The molecule has 2 aromatic rings. The van der Waals surface area contributed by atoms with Gasteiger partial charge in [0.05, 0.1) is 21.6 Å². The molecule has 0 fully saturated rings. The van der Waals surface area contributed by atoms with E-state index < -0.39 is 15.1 Å². The van der Waals surface area contributed by atoms with E-state index >= 15 is 0 Å². The maximum Gasteiger partial charge on any atom is 0.234 e. The van der Waals surface area contributed by atoms with E-state index in [1.807, 2.05) is 30.3 Å². The zero-order chi connectivity index (χ0) is 20.3. The molecule has 0 saturated heterocycles. The number of hydrogen-bond donors (Lipinski definition) is 1. The molecule has 28 heavy (non-hydrogen) atoms. The van der Waals surface area contributed by atoms with E-state index in [0.717, 1.165) is 10.5 Å². The summed E-state index contributed by atoms with van der Waals surface area (Å²) in [6, 6.07) is 14.2. The fraction of sp³-hybridized carbons (Fsp3) is 0.300. The molecule has 3 rings (SSSR count). The molecule has 0 spiro atoms. The van der Waals surface area contributed by atoms with Crippen molar-refractivity contribution in [2.75, 3.05) is 18.1 Å². The average molecular weight is 419 g/mol. The first-order chi connectivity index (χ1) is 13.3. The molecule has 2 amide bonds. The van der Waals surface area contributed by atoms with Gasteiger partial charge in [0.25, 0.3) is 0 Å². The third-order valence-electron chi connectivity index (χ3n) is 4.59. The van der Waals surface area contributed by atoms with E-state index in [9.17, 15) is 18.0 Å². The van der Waals surface area contributed by atoms with Gasteiger partial charge in [0.15, 0.2) is 9.84 Å². The summed E-state index contributed by atoms with van der Waals surface area (Å²) in [6.45, 7) is 1.96. The molecule has 148 valence electrons. The van der Waals surface area contributed by atoms with Crippen LogP contribution in [0.5, 0.6) is 0 Å². The van der Waals surface area contributed by atoms with Crippen molar-refractivity contribution in [3.05, 3.63) is 54.1 Å². The van der Waals surface area contributed by atoms with Crippen LogP contribution < -0.4 is 5.32 Å². The molecule has 6 nitrogen and oxygen atoms in total. The second kappa shape index (κ2) is 8.36. The van der Waals surface area contributed by atoms with Crippen molar-refractivity contribution in [2.45, 2.75) is 34.9 Å². The predicted octanol–water partition coefficient (Wildman–Crippen LogP) is 2.94. The fourth-order valence-electron chi connectivity index (χ4n) is 2.93. The van der Waals surface area contributed by atoms with Crippen molar-refractivity contribution in [1.29, 1.82) is 0 Å². The van der Waals surface area contributed by atoms with Gasteiger partial charge in [0.2, 0.25) is 11.8 Å². The minimum Gasteiger partial charge on any atom is -0.341 e. The second-order valence-corrected chi connectivity index (χ2v) is 10.2. The number of benzene rings is 2. The minimum absolute atomic E-state index is 0.107. The molecule has 1 unspecified atom stereocenters. The molecule has 0 aliphatic carbocycles. The monoisotopic (exact) mass is 418 g/mol. The Morgan fingerprint density at radius 2 is 1.93 bits per heavy atom. The maximum absolute atomic E-state index is 12.9. The van der Waals surface area contributed by atoms with Gasteiger partial charge in [-0.25, -0.2) is 8.42 Å². The number of hydrogen-bond acceptors (Lipinski definition) is 5. The van der Waals surface area contributed by atoms with E-state index in [-0.39, 0.29) is 23.1 Å². The smallest absolute Gasteiger partial charge is 0.234 e. The molecule has 8 heteroatoms. The lowest BCUT2D eigenvalue weighted by molar-refractivity contribution is -0.130. The summed E-state index contributed by atoms with van der Waals surface area (Å²) in [4.78, 5) is 26.6. The van der Waals surface area contributed by atoms with Crippen molar-refractivity contribution in [2.24, 2.45) is 0 Å². The van der Waals surface area contributed by atoms with Crippen LogP contribution in [0.15, 0.2) is 58.3 Å². The Bertz CT molecular complexity index is 991. The Labute approximate surface area is 169 Å². The number of thioether (sulfide) groups is 1. The van der Waals surface area contributed by atoms with Crippen molar-refractivity contribution < 1.29 is 18.0 Å². The predicted molar refractivity (Wildman–Crippen MR) is 110 cm³/mol. The Hall–Kier alpha value is -2.32. The van der Waals surface area contributed by atoms with Gasteiger partial charge in [-0.1, -0.05) is 30.3 Å². The first-order valence-corrected chi connectivity index (χ1v) is 11.4. The quantitative estimate of drug-likeness (QED) is 0.780. The van der Waals surface area contributed by atoms with E-state index in [1.54, 1.807) is 13.1 Å². The maximum atomic E-state index is 12.9. The lowest BCUT2D eigenvalue weighted by Crippen LogP contribution is -2.31. The zero-order valence-corrected chi connectivity index (χ0v) is 17.3. The molecular weight excluding hydrogens is 396 g/mol. The van der Waals surface area contributed by atoms with Crippen LogP contribution in [0.1, 0.15) is 18.9 Å². The van der Waals surface area contributed by atoms with E-state index in [1.165, 1.54) is 35.7 Å². The number of carbonyl (C=O) groups excluding carboxylic acids is 2. The van der Waals surface area contributed by atoms with Crippen LogP contribution >= 0.6 is 11.8 Å². The summed E-state index contributed by atoms with van der Waals surface area (Å²) in [5, 5.41) is 1.83. The highest BCUT2D eigenvalue weighted by Crippen LogP contribution is 2.34. The van der Waals surface area contributed by atoms with Gasteiger partial charge in [0.1, 0.15) is 0 Å². The number of sulfone groups is 1. The zero-order valence-electron chi connectivity index (χ0n) is 15.7. The summed E-state index contributed by atoms with van der Waals surface area (Å²) >= 11 is 1.37. The van der Waals surface area contributed by atoms with Gasteiger partial charge < -0.3 is 10.2 Å². The van der Waals surface area contributed by atoms with Crippen LogP contribution in [0.4, 0.5) is 5.69 Å². The Balaban J connectivity index is 1.70. The van der Waals surface area contributed by atoms with Crippen LogP contribution in [0.2, 0.25) is 0 Å². The number of nitrogens with one attached hydrogen (secondary N) is 1. The van der Waals surface area contributed by atoms with Crippen LogP contribution in [0.3, 0.4) is 0 Å². The molecule has 1 aliphatic heterocycles. The van der Waals surface area contributed by atoms with E-state index in [0.29, 0.717) is 18.0 Å². The molecule has 0 bridgehead atoms. The first kappa shape index (κ1) is 20.4. The minimum atomic E-state index is -3.70. The van der Waals surface area contributed by atoms with Crippen molar-refractivity contribution in [3.63, 3.8) is 0 Å². The van der Waals surface area contributed by atoms with E-state index in [4.69, 9.17) is 0 Å².